The van der Waals surface area contributed by atoms with E-state index < -0.39 is 10.0 Å². The fourth-order valence-corrected chi connectivity index (χ4v) is 4.83. The molecule has 20 heavy (non-hydrogen) atoms. The van der Waals surface area contributed by atoms with Crippen LogP contribution in [0.4, 0.5) is 5.69 Å². The highest BCUT2D eigenvalue weighted by Gasteiger charge is 2.18. The molecule has 2 aromatic rings. The van der Waals surface area contributed by atoms with Gasteiger partial charge in [-0.2, -0.15) is 0 Å². The van der Waals surface area contributed by atoms with Gasteiger partial charge in [0, 0.05) is 19.0 Å². The molecule has 0 aliphatic rings. The first-order chi connectivity index (χ1) is 9.28. The van der Waals surface area contributed by atoms with Crippen molar-refractivity contribution in [1.82, 2.24) is 0 Å². The predicted molar refractivity (Wildman–Crippen MR) is 89.1 cm³/mol. The highest BCUT2D eigenvalue weighted by molar-refractivity contribution is 9.11. The van der Waals surface area contributed by atoms with Gasteiger partial charge in [0.2, 0.25) is 0 Å². The fraction of sp³-hybridized carbons (Fsp3) is 0. The maximum Gasteiger partial charge on any atom is 0.263 e. The molecule has 2 aromatic carbocycles. The summed E-state index contributed by atoms with van der Waals surface area (Å²) in [6.07, 6.45) is 0. The lowest BCUT2D eigenvalue weighted by Gasteiger charge is -2.10. The first-order valence-electron chi connectivity index (χ1n) is 5.22. The number of anilines is 1. The van der Waals surface area contributed by atoms with Crippen LogP contribution in [-0.4, -0.2) is 8.42 Å². The van der Waals surface area contributed by atoms with Crippen LogP contribution >= 0.6 is 55.1 Å². The quantitative estimate of drug-likeness (QED) is 0.675. The summed E-state index contributed by atoms with van der Waals surface area (Å²) in [5.41, 5.74) is 0.303. The molecule has 106 valence electrons. The van der Waals surface area contributed by atoms with E-state index in [1.54, 1.807) is 12.1 Å². The third-order valence-electron chi connectivity index (χ3n) is 2.30. The molecule has 0 unspecified atom stereocenters. The zero-order valence-electron chi connectivity index (χ0n) is 9.70. The van der Waals surface area contributed by atoms with E-state index >= 15 is 0 Å². The number of nitrogens with one attached hydrogen (secondary N) is 1. The van der Waals surface area contributed by atoms with E-state index in [-0.39, 0.29) is 4.90 Å². The second kappa shape index (κ2) is 6.23. The average Bonchev–Trinajstić information content (AvgIpc) is 2.25. The number of benzene rings is 2. The van der Waals surface area contributed by atoms with E-state index in [1.807, 2.05) is 0 Å². The van der Waals surface area contributed by atoms with E-state index in [4.69, 9.17) is 23.2 Å². The fourth-order valence-electron chi connectivity index (χ4n) is 1.52. The van der Waals surface area contributed by atoms with Gasteiger partial charge in [0.25, 0.3) is 10.0 Å². The van der Waals surface area contributed by atoms with E-state index in [0.717, 1.165) is 4.47 Å². The molecule has 0 aliphatic heterocycles. The van der Waals surface area contributed by atoms with Gasteiger partial charge in [-0.25, -0.2) is 8.42 Å². The van der Waals surface area contributed by atoms with Crippen molar-refractivity contribution in [2.45, 2.75) is 4.90 Å². The zero-order chi connectivity index (χ0) is 14.9. The van der Waals surface area contributed by atoms with Crippen molar-refractivity contribution in [2.75, 3.05) is 4.72 Å². The molecule has 8 heteroatoms. The van der Waals surface area contributed by atoms with E-state index in [2.05, 4.69) is 36.6 Å². The SMILES string of the molecule is O=S(=O)(Nc1cc(Cl)cc(Cl)c1)c1ccc(Br)cc1Br. The molecule has 0 bridgehead atoms. The van der Waals surface area contributed by atoms with E-state index in [0.29, 0.717) is 20.2 Å². The predicted octanol–water partition coefficient (Wildman–Crippen LogP) is 5.32. The van der Waals surface area contributed by atoms with Gasteiger partial charge in [0.05, 0.1) is 5.69 Å². The van der Waals surface area contributed by atoms with Crippen molar-refractivity contribution < 1.29 is 8.42 Å². The second-order valence-electron chi connectivity index (χ2n) is 3.84. The number of hydrogen-bond acceptors (Lipinski definition) is 2. The molecular weight excluding hydrogens is 453 g/mol. The van der Waals surface area contributed by atoms with E-state index in [1.165, 1.54) is 24.3 Å². The minimum atomic E-state index is -3.73. The summed E-state index contributed by atoms with van der Waals surface area (Å²) >= 11 is 18.2. The summed E-state index contributed by atoms with van der Waals surface area (Å²) in [5.74, 6) is 0. The number of hydrogen-bond donors (Lipinski definition) is 1. The molecule has 0 heterocycles. The van der Waals surface area contributed by atoms with Gasteiger partial charge in [-0.15, -0.1) is 0 Å². The Hall–Kier alpha value is -0.270. The highest BCUT2D eigenvalue weighted by Crippen LogP contribution is 2.29. The Morgan fingerprint density at radius 3 is 2.10 bits per heavy atom. The van der Waals surface area contributed by atoms with Gasteiger partial charge in [-0.3, -0.25) is 4.72 Å². The molecule has 0 saturated carbocycles. The van der Waals surface area contributed by atoms with Crippen molar-refractivity contribution in [3.05, 3.63) is 55.4 Å². The minimum absolute atomic E-state index is 0.122. The molecule has 2 rings (SSSR count). The number of sulfonamides is 1. The Kier molecular flexibility index (Phi) is 5.02. The standard InChI is InChI=1S/C12H7Br2Cl2NO2S/c13-7-1-2-12(11(14)3-7)20(18,19)17-10-5-8(15)4-9(16)6-10/h1-6,17H. The monoisotopic (exact) mass is 457 g/mol. The van der Waals surface area contributed by atoms with Gasteiger partial charge in [0.15, 0.2) is 0 Å². The van der Waals surface area contributed by atoms with E-state index in [9.17, 15) is 8.42 Å². The summed E-state index contributed by atoms with van der Waals surface area (Å²) < 4.78 is 28.3. The Bertz CT molecular complexity index is 746. The Labute approximate surface area is 143 Å². The second-order valence-corrected chi connectivity index (χ2v) is 8.13. The molecule has 0 spiro atoms. The number of rotatable bonds is 3. The molecule has 0 saturated heterocycles. The Balaban J connectivity index is 2.40. The largest absolute Gasteiger partial charge is 0.279 e. The molecule has 0 atom stereocenters. The first-order valence-corrected chi connectivity index (χ1v) is 9.04. The zero-order valence-corrected chi connectivity index (χ0v) is 15.2. The first kappa shape index (κ1) is 16.1. The Morgan fingerprint density at radius 2 is 1.55 bits per heavy atom. The smallest absolute Gasteiger partial charge is 0.263 e. The van der Waals surface area contributed by atoms with Gasteiger partial charge in [-0.05, 0) is 52.3 Å². The molecule has 0 radical (unpaired) electrons. The van der Waals surface area contributed by atoms with Crippen LogP contribution in [-0.2, 0) is 10.0 Å². The van der Waals surface area contributed by atoms with Crippen LogP contribution in [0.25, 0.3) is 0 Å². The lowest BCUT2D eigenvalue weighted by molar-refractivity contribution is 0.601. The minimum Gasteiger partial charge on any atom is -0.279 e. The van der Waals surface area contributed by atoms with Crippen LogP contribution in [0.3, 0.4) is 0 Å². The molecule has 0 amide bonds. The Morgan fingerprint density at radius 1 is 0.950 bits per heavy atom. The van der Waals surface area contributed by atoms with Gasteiger partial charge in [0.1, 0.15) is 4.90 Å². The molecule has 3 nitrogen and oxygen atoms in total. The maximum absolute atomic E-state index is 12.3. The van der Waals surface area contributed by atoms with Crippen LogP contribution in [0.15, 0.2) is 50.2 Å². The summed E-state index contributed by atoms with van der Waals surface area (Å²) in [7, 11) is -3.73. The lowest BCUT2D eigenvalue weighted by atomic mass is 10.3. The molecule has 0 aliphatic carbocycles. The number of halogens is 4. The molecular formula is C12H7Br2Cl2NO2S. The normalized spacial score (nSPS) is 11.4. The van der Waals surface area contributed by atoms with Crippen molar-refractivity contribution in [3.63, 3.8) is 0 Å². The summed E-state index contributed by atoms with van der Waals surface area (Å²) in [5, 5.41) is 0.704. The van der Waals surface area contributed by atoms with Crippen LogP contribution in [0.5, 0.6) is 0 Å². The third-order valence-corrected chi connectivity index (χ3v) is 5.59. The van der Waals surface area contributed by atoms with Crippen molar-refractivity contribution >= 4 is 70.8 Å². The molecule has 1 N–H and O–H groups in total. The topological polar surface area (TPSA) is 46.2 Å². The molecule has 0 aromatic heterocycles. The van der Waals surface area contributed by atoms with Gasteiger partial charge < -0.3 is 0 Å². The summed E-state index contributed by atoms with van der Waals surface area (Å²) in [6, 6.07) is 9.28. The van der Waals surface area contributed by atoms with Gasteiger partial charge in [-0.1, -0.05) is 39.1 Å². The lowest BCUT2D eigenvalue weighted by Crippen LogP contribution is -2.13. The van der Waals surface area contributed by atoms with Crippen molar-refractivity contribution in [2.24, 2.45) is 0 Å². The van der Waals surface area contributed by atoms with Crippen LogP contribution in [0, 0.1) is 0 Å². The third kappa shape index (κ3) is 3.89. The molecule has 0 fully saturated rings. The summed E-state index contributed by atoms with van der Waals surface area (Å²) in [4.78, 5) is 0.122. The van der Waals surface area contributed by atoms with Crippen LogP contribution in [0.2, 0.25) is 10.0 Å². The van der Waals surface area contributed by atoms with Crippen molar-refractivity contribution in [3.8, 4) is 0 Å². The average molecular weight is 460 g/mol. The van der Waals surface area contributed by atoms with Crippen LogP contribution < -0.4 is 4.72 Å². The maximum atomic E-state index is 12.3. The highest BCUT2D eigenvalue weighted by atomic mass is 79.9. The van der Waals surface area contributed by atoms with Crippen LogP contribution in [0.1, 0.15) is 0 Å². The van der Waals surface area contributed by atoms with Gasteiger partial charge >= 0.3 is 0 Å². The summed E-state index contributed by atoms with van der Waals surface area (Å²) in [6.45, 7) is 0. The van der Waals surface area contributed by atoms with Crippen molar-refractivity contribution in [1.29, 1.82) is 0 Å².